The Morgan fingerprint density at radius 1 is 0.920 bits per heavy atom. The molecular weight excluding hydrogens is 330 g/mol. The van der Waals surface area contributed by atoms with Gasteiger partial charge in [-0.1, -0.05) is 60.7 Å². The van der Waals surface area contributed by atoms with E-state index in [9.17, 15) is 4.79 Å². The Kier molecular flexibility index (Phi) is 5.26. The van der Waals surface area contributed by atoms with Gasteiger partial charge in [0, 0.05) is 5.69 Å². The quantitative estimate of drug-likeness (QED) is 0.498. The van der Waals surface area contributed by atoms with Crippen molar-refractivity contribution < 1.29 is 4.79 Å². The highest BCUT2D eigenvalue weighted by Crippen LogP contribution is 2.18. The van der Waals surface area contributed by atoms with Crippen LogP contribution in [0.15, 0.2) is 66.7 Å². The smallest absolute Gasteiger partial charge is 0.242 e. The van der Waals surface area contributed by atoms with Crippen LogP contribution >= 0.6 is 12.2 Å². The molecule has 0 aromatic heterocycles. The maximum atomic E-state index is 12.2. The molecule has 3 aromatic carbocycles. The number of hydrogen-bond donors (Lipinski definition) is 3. The van der Waals surface area contributed by atoms with Crippen LogP contribution in [0.1, 0.15) is 11.1 Å². The van der Waals surface area contributed by atoms with Crippen LogP contribution in [0.5, 0.6) is 0 Å². The molecule has 3 N–H and O–H groups in total. The lowest BCUT2D eigenvalue weighted by Gasteiger charge is -2.13. The fourth-order valence-corrected chi connectivity index (χ4v) is 2.82. The number of amides is 1. The highest BCUT2D eigenvalue weighted by atomic mass is 32.1. The van der Waals surface area contributed by atoms with E-state index in [1.54, 1.807) is 0 Å². The highest BCUT2D eigenvalue weighted by molar-refractivity contribution is 7.80. The Labute approximate surface area is 152 Å². The highest BCUT2D eigenvalue weighted by Gasteiger charge is 2.07. The van der Waals surface area contributed by atoms with E-state index in [-0.39, 0.29) is 12.3 Å². The molecule has 3 aromatic rings. The number of para-hydroxylation sites is 1. The summed E-state index contributed by atoms with van der Waals surface area (Å²) in [5, 5.41) is 5.62. The molecule has 0 aliphatic rings. The predicted molar refractivity (Wildman–Crippen MR) is 106 cm³/mol. The van der Waals surface area contributed by atoms with Gasteiger partial charge in [0.05, 0.1) is 6.42 Å². The van der Waals surface area contributed by atoms with Crippen molar-refractivity contribution in [1.29, 1.82) is 0 Å². The van der Waals surface area contributed by atoms with Crippen LogP contribution in [0.4, 0.5) is 5.69 Å². The summed E-state index contributed by atoms with van der Waals surface area (Å²) in [6.45, 7) is 1.99. The lowest BCUT2D eigenvalue weighted by Crippen LogP contribution is -2.44. The maximum Gasteiger partial charge on any atom is 0.242 e. The van der Waals surface area contributed by atoms with Crippen molar-refractivity contribution in [2.45, 2.75) is 13.3 Å². The Bertz CT molecular complexity index is 918. The first-order chi connectivity index (χ1) is 12.1. The first-order valence-electron chi connectivity index (χ1n) is 8.01. The number of fused-ring (bicyclic) bond motifs is 1. The minimum Gasteiger partial charge on any atom is -0.331 e. The van der Waals surface area contributed by atoms with Crippen LogP contribution in [0.25, 0.3) is 10.8 Å². The van der Waals surface area contributed by atoms with E-state index in [2.05, 4.69) is 16.2 Å². The van der Waals surface area contributed by atoms with E-state index in [1.807, 2.05) is 73.7 Å². The SMILES string of the molecule is Cc1ccccc1NC(=S)NNC(=O)Cc1cccc2ccccc12. The monoisotopic (exact) mass is 349 g/mol. The van der Waals surface area contributed by atoms with Gasteiger partial charge in [-0.05, 0) is 47.1 Å². The fourth-order valence-electron chi connectivity index (χ4n) is 2.66. The van der Waals surface area contributed by atoms with Gasteiger partial charge in [0.25, 0.3) is 0 Å². The van der Waals surface area contributed by atoms with E-state index in [4.69, 9.17) is 12.2 Å². The van der Waals surface area contributed by atoms with Crippen molar-refractivity contribution in [3.05, 3.63) is 77.9 Å². The number of carbonyl (C=O) groups is 1. The number of carbonyl (C=O) groups excluding carboxylic acids is 1. The van der Waals surface area contributed by atoms with E-state index in [0.29, 0.717) is 5.11 Å². The number of anilines is 1. The summed E-state index contributed by atoms with van der Waals surface area (Å²) in [6.07, 6.45) is 0.279. The number of aryl methyl sites for hydroxylation is 1. The lowest BCUT2D eigenvalue weighted by atomic mass is 10.0. The molecule has 3 rings (SSSR count). The van der Waals surface area contributed by atoms with Gasteiger partial charge >= 0.3 is 0 Å². The van der Waals surface area contributed by atoms with Gasteiger partial charge in [0.2, 0.25) is 5.91 Å². The van der Waals surface area contributed by atoms with Crippen LogP contribution in [0, 0.1) is 6.92 Å². The van der Waals surface area contributed by atoms with Crippen molar-refractivity contribution in [2.24, 2.45) is 0 Å². The zero-order valence-electron chi connectivity index (χ0n) is 13.9. The third kappa shape index (κ3) is 4.33. The second-order valence-corrected chi connectivity index (χ2v) is 6.17. The second-order valence-electron chi connectivity index (χ2n) is 5.76. The van der Waals surface area contributed by atoms with E-state index >= 15 is 0 Å². The third-order valence-electron chi connectivity index (χ3n) is 3.94. The Morgan fingerprint density at radius 2 is 1.64 bits per heavy atom. The lowest BCUT2D eigenvalue weighted by molar-refractivity contribution is -0.120. The van der Waals surface area contributed by atoms with Gasteiger partial charge in [0.15, 0.2) is 5.11 Å². The Balaban J connectivity index is 1.57. The first-order valence-corrected chi connectivity index (χ1v) is 8.42. The average Bonchev–Trinajstić information content (AvgIpc) is 2.62. The first kappa shape index (κ1) is 16.9. The Hall–Kier alpha value is -2.92. The van der Waals surface area contributed by atoms with Crippen LogP contribution in [-0.2, 0) is 11.2 Å². The predicted octanol–water partition coefficient (Wildman–Crippen LogP) is 3.71. The van der Waals surface area contributed by atoms with E-state index in [1.165, 1.54) is 0 Å². The van der Waals surface area contributed by atoms with Gasteiger partial charge in [-0.25, -0.2) is 0 Å². The molecule has 0 saturated carbocycles. The summed E-state index contributed by atoms with van der Waals surface area (Å²) in [4.78, 5) is 12.2. The normalized spacial score (nSPS) is 10.3. The molecule has 0 atom stereocenters. The number of benzene rings is 3. The van der Waals surface area contributed by atoms with Crippen LogP contribution in [0.3, 0.4) is 0 Å². The number of hydrogen-bond acceptors (Lipinski definition) is 2. The number of hydrazine groups is 1. The molecule has 5 heteroatoms. The summed E-state index contributed by atoms with van der Waals surface area (Å²) in [5.74, 6) is -0.148. The molecule has 4 nitrogen and oxygen atoms in total. The van der Waals surface area contributed by atoms with Gasteiger partial charge in [0.1, 0.15) is 0 Å². The molecule has 1 amide bonds. The third-order valence-corrected chi connectivity index (χ3v) is 4.14. The summed E-state index contributed by atoms with van der Waals surface area (Å²) in [6, 6.07) is 21.8. The zero-order valence-corrected chi connectivity index (χ0v) is 14.7. The van der Waals surface area contributed by atoms with Crippen molar-refractivity contribution in [3.8, 4) is 0 Å². The standard InChI is InChI=1S/C20H19N3OS/c1-14-7-2-5-12-18(14)21-20(25)23-22-19(24)13-16-10-6-9-15-8-3-4-11-17(15)16/h2-12H,13H2,1H3,(H,22,24)(H2,21,23,25). The summed E-state index contributed by atoms with van der Waals surface area (Å²) in [5.41, 5.74) is 8.35. The second kappa shape index (κ2) is 7.77. The minimum absolute atomic E-state index is 0.148. The van der Waals surface area contributed by atoms with Crippen molar-refractivity contribution >= 4 is 39.7 Å². The molecule has 0 unspecified atom stereocenters. The van der Waals surface area contributed by atoms with Crippen molar-refractivity contribution in [2.75, 3.05) is 5.32 Å². The number of rotatable bonds is 3. The van der Waals surface area contributed by atoms with Gasteiger partial charge < -0.3 is 5.32 Å². The topological polar surface area (TPSA) is 53.2 Å². The van der Waals surface area contributed by atoms with Gasteiger partial charge in [-0.2, -0.15) is 0 Å². The van der Waals surface area contributed by atoms with Gasteiger partial charge in [-0.3, -0.25) is 15.6 Å². The summed E-state index contributed by atoms with van der Waals surface area (Å²) >= 11 is 5.22. The van der Waals surface area contributed by atoms with Crippen LogP contribution in [0.2, 0.25) is 0 Å². The van der Waals surface area contributed by atoms with E-state index in [0.717, 1.165) is 27.6 Å². The molecule has 0 bridgehead atoms. The molecule has 25 heavy (non-hydrogen) atoms. The maximum absolute atomic E-state index is 12.2. The minimum atomic E-state index is -0.148. The van der Waals surface area contributed by atoms with Crippen molar-refractivity contribution in [3.63, 3.8) is 0 Å². The van der Waals surface area contributed by atoms with Crippen LogP contribution < -0.4 is 16.2 Å². The largest absolute Gasteiger partial charge is 0.331 e. The number of nitrogens with one attached hydrogen (secondary N) is 3. The Morgan fingerprint density at radius 3 is 2.48 bits per heavy atom. The summed E-state index contributed by atoms with van der Waals surface area (Å²) < 4.78 is 0. The van der Waals surface area contributed by atoms with Gasteiger partial charge in [-0.15, -0.1) is 0 Å². The summed E-state index contributed by atoms with van der Waals surface area (Å²) in [7, 11) is 0. The molecule has 0 aliphatic heterocycles. The molecule has 0 aliphatic carbocycles. The molecule has 0 saturated heterocycles. The fraction of sp³-hybridized carbons (Fsp3) is 0.100. The number of thiocarbonyl (C=S) groups is 1. The van der Waals surface area contributed by atoms with E-state index < -0.39 is 0 Å². The average molecular weight is 349 g/mol. The molecular formula is C20H19N3OS. The molecule has 0 fully saturated rings. The molecule has 0 radical (unpaired) electrons. The molecule has 0 spiro atoms. The molecule has 0 heterocycles. The zero-order chi connectivity index (χ0) is 17.6. The van der Waals surface area contributed by atoms with Crippen molar-refractivity contribution in [1.82, 2.24) is 10.9 Å². The molecule has 126 valence electrons. The van der Waals surface area contributed by atoms with Crippen LogP contribution in [-0.4, -0.2) is 11.0 Å².